The Hall–Kier alpha value is -2.24. The standard InChI is InChI=1S/C23H28FN3O/c1-2-25-23(28)22-13-19(26-14-18-9-5-6-10-21(18)24)15-27(22)20-11-16-7-3-4-8-17(16)12-20/h3-10,19-20,22,26H,2,11-15H2,1H3,(H,25,28)/t19-,22+/m1/s1. The molecule has 1 aliphatic heterocycles. The van der Waals surface area contributed by atoms with Crippen molar-refractivity contribution in [2.45, 2.75) is 50.9 Å². The summed E-state index contributed by atoms with van der Waals surface area (Å²) >= 11 is 0. The molecule has 2 aliphatic rings. The number of nitrogens with zero attached hydrogens (tertiary/aromatic N) is 1. The number of benzene rings is 2. The van der Waals surface area contributed by atoms with Gasteiger partial charge in [-0.05, 0) is 43.4 Å². The number of likely N-dealkylation sites (tertiary alicyclic amines) is 1. The molecule has 0 radical (unpaired) electrons. The minimum Gasteiger partial charge on any atom is -0.355 e. The van der Waals surface area contributed by atoms with E-state index in [1.165, 1.54) is 17.2 Å². The monoisotopic (exact) mass is 381 g/mol. The summed E-state index contributed by atoms with van der Waals surface area (Å²) in [6.07, 6.45) is 2.74. The number of hydrogen-bond donors (Lipinski definition) is 2. The van der Waals surface area contributed by atoms with Gasteiger partial charge in [0.1, 0.15) is 5.82 Å². The van der Waals surface area contributed by atoms with Gasteiger partial charge in [-0.15, -0.1) is 0 Å². The zero-order chi connectivity index (χ0) is 19.5. The molecule has 4 rings (SSSR count). The average Bonchev–Trinajstić information content (AvgIpc) is 3.31. The van der Waals surface area contributed by atoms with Gasteiger partial charge in [0.2, 0.25) is 5.91 Å². The zero-order valence-corrected chi connectivity index (χ0v) is 16.3. The Morgan fingerprint density at radius 3 is 2.46 bits per heavy atom. The van der Waals surface area contributed by atoms with Gasteiger partial charge in [-0.1, -0.05) is 42.5 Å². The summed E-state index contributed by atoms with van der Waals surface area (Å²) in [5.74, 6) is -0.0787. The first-order chi connectivity index (χ1) is 13.7. The highest BCUT2D eigenvalue weighted by atomic mass is 19.1. The Morgan fingerprint density at radius 1 is 1.11 bits per heavy atom. The maximum absolute atomic E-state index is 13.9. The lowest BCUT2D eigenvalue weighted by Gasteiger charge is -2.29. The van der Waals surface area contributed by atoms with E-state index < -0.39 is 0 Å². The molecular weight excluding hydrogens is 353 g/mol. The van der Waals surface area contributed by atoms with Gasteiger partial charge in [0, 0.05) is 37.3 Å². The Bertz CT molecular complexity index is 815. The lowest BCUT2D eigenvalue weighted by Crippen LogP contribution is -2.48. The number of hydrogen-bond acceptors (Lipinski definition) is 3. The summed E-state index contributed by atoms with van der Waals surface area (Å²) in [6, 6.07) is 15.8. The number of fused-ring (bicyclic) bond motifs is 1. The van der Waals surface area contributed by atoms with Gasteiger partial charge in [0.05, 0.1) is 6.04 Å². The number of carbonyl (C=O) groups is 1. The van der Waals surface area contributed by atoms with E-state index >= 15 is 0 Å². The fraction of sp³-hybridized carbons (Fsp3) is 0.435. The zero-order valence-electron chi connectivity index (χ0n) is 16.3. The first-order valence-corrected chi connectivity index (χ1v) is 10.2. The molecule has 1 amide bonds. The van der Waals surface area contributed by atoms with Crippen LogP contribution >= 0.6 is 0 Å². The third-order valence-electron chi connectivity index (χ3n) is 6.03. The van der Waals surface area contributed by atoms with Crippen LogP contribution in [-0.4, -0.2) is 42.0 Å². The number of halogens is 1. The number of carbonyl (C=O) groups excluding carboxylic acids is 1. The number of rotatable bonds is 6. The second-order valence-corrected chi connectivity index (χ2v) is 7.84. The quantitative estimate of drug-likeness (QED) is 0.809. The predicted octanol–water partition coefficient (Wildman–Crippen LogP) is 2.66. The molecule has 1 fully saturated rings. The molecule has 2 aromatic rings. The highest BCUT2D eigenvalue weighted by molar-refractivity contribution is 5.82. The van der Waals surface area contributed by atoms with E-state index in [0.29, 0.717) is 24.7 Å². The summed E-state index contributed by atoms with van der Waals surface area (Å²) < 4.78 is 13.9. The Morgan fingerprint density at radius 2 is 1.79 bits per heavy atom. The summed E-state index contributed by atoms with van der Waals surface area (Å²) in [5.41, 5.74) is 3.46. The maximum atomic E-state index is 13.9. The Labute approximate surface area is 166 Å². The second-order valence-electron chi connectivity index (χ2n) is 7.84. The molecule has 28 heavy (non-hydrogen) atoms. The maximum Gasteiger partial charge on any atom is 0.237 e. The van der Waals surface area contributed by atoms with E-state index in [0.717, 1.165) is 25.8 Å². The van der Waals surface area contributed by atoms with Crippen molar-refractivity contribution in [3.63, 3.8) is 0 Å². The molecule has 0 aromatic heterocycles. The summed E-state index contributed by atoms with van der Waals surface area (Å²) in [7, 11) is 0. The van der Waals surface area contributed by atoms with Crippen LogP contribution in [-0.2, 0) is 24.2 Å². The molecule has 1 aliphatic carbocycles. The van der Waals surface area contributed by atoms with E-state index in [-0.39, 0.29) is 23.8 Å². The van der Waals surface area contributed by atoms with E-state index in [1.807, 2.05) is 19.1 Å². The molecule has 4 nitrogen and oxygen atoms in total. The first kappa shape index (κ1) is 19.1. The SMILES string of the molecule is CCNC(=O)[C@@H]1C[C@@H](NCc2ccccc2F)CN1C1Cc2ccccc2C1. The molecule has 1 saturated heterocycles. The van der Waals surface area contributed by atoms with Crippen molar-refractivity contribution in [3.8, 4) is 0 Å². The van der Waals surface area contributed by atoms with E-state index in [2.05, 4.69) is 39.8 Å². The van der Waals surface area contributed by atoms with Crippen LogP contribution in [0.5, 0.6) is 0 Å². The van der Waals surface area contributed by atoms with Crippen molar-refractivity contribution in [1.29, 1.82) is 0 Å². The number of amides is 1. The third kappa shape index (κ3) is 3.96. The van der Waals surface area contributed by atoms with Crippen LogP contribution in [0.3, 0.4) is 0 Å². The molecule has 0 bridgehead atoms. The number of nitrogens with one attached hydrogen (secondary N) is 2. The van der Waals surface area contributed by atoms with Crippen molar-refractivity contribution in [1.82, 2.24) is 15.5 Å². The van der Waals surface area contributed by atoms with Crippen LogP contribution < -0.4 is 10.6 Å². The molecule has 1 heterocycles. The van der Waals surface area contributed by atoms with E-state index in [1.54, 1.807) is 6.07 Å². The Kier molecular flexibility index (Phi) is 5.74. The minimum absolute atomic E-state index is 0.105. The van der Waals surface area contributed by atoms with Crippen molar-refractivity contribution in [2.24, 2.45) is 0 Å². The topological polar surface area (TPSA) is 44.4 Å². The van der Waals surface area contributed by atoms with Gasteiger partial charge in [-0.25, -0.2) is 4.39 Å². The van der Waals surface area contributed by atoms with Crippen LogP contribution in [0.15, 0.2) is 48.5 Å². The molecule has 0 spiro atoms. The number of likely N-dealkylation sites (N-methyl/N-ethyl adjacent to an activating group) is 1. The molecule has 0 saturated carbocycles. The van der Waals surface area contributed by atoms with Gasteiger partial charge in [0.15, 0.2) is 0 Å². The summed E-state index contributed by atoms with van der Waals surface area (Å²) in [5, 5.41) is 6.48. The first-order valence-electron chi connectivity index (χ1n) is 10.2. The molecule has 5 heteroatoms. The smallest absolute Gasteiger partial charge is 0.237 e. The van der Waals surface area contributed by atoms with Crippen LogP contribution in [0.4, 0.5) is 4.39 Å². The fourth-order valence-electron chi connectivity index (χ4n) is 4.63. The summed E-state index contributed by atoms with van der Waals surface area (Å²) in [4.78, 5) is 15.1. The normalized spacial score (nSPS) is 22.4. The highest BCUT2D eigenvalue weighted by Crippen LogP contribution is 2.31. The van der Waals surface area contributed by atoms with Gasteiger partial charge < -0.3 is 10.6 Å². The fourth-order valence-corrected chi connectivity index (χ4v) is 4.63. The van der Waals surface area contributed by atoms with Crippen LogP contribution in [0.1, 0.15) is 30.0 Å². The average molecular weight is 381 g/mol. The van der Waals surface area contributed by atoms with Crippen LogP contribution in [0, 0.1) is 5.82 Å². The molecule has 0 unspecified atom stereocenters. The van der Waals surface area contributed by atoms with Gasteiger partial charge in [-0.3, -0.25) is 9.69 Å². The molecule has 2 aromatic carbocycles. The van der Waals surface area contributed by atoms with Crippen LogP contribution in [0.2, 0.25) is 0 Å². The van der Waals surface area contributed by atoms with Crippen molar-refractivity contribution in [2.75, 3.05) is 13.1 Å². The van der Waals surface area contributed by atoms with Crippen molar-refractivity contribution in [3.05, 3.63) is 71.0 Å². The Balaban J connectivity index is 1.45. The predicted molar refractivity (Wildman–Crippen MR) is 108 cm³/mol. The lowest BCUT2D eigenvalue weighted by molar-refractivity contribution is -0.126. The van der Waals surface area contributed by atoms with Crippen LogP contribution in [0.25, 0.3) is 0 Å². The molecule has 148 valence electrons. The van der Waals surface area contributed by atoms with Gasteiger partial charge in [-0.2, -0.15) is 0 Å². The second kappa shape index (κ2) is 8.41. The third-order valence-corrected chi connectivity index (χ3v) is 6.03. The molecule has 2 atom stereocenters. The lowest BCUT2D eigenvalue weighted by atomic mass is 10.1. The van der Waals surface area contributed by atoms with E-state index in [9.17, 15) is 9.18 Å². The largest absolute Gasteiger partial charge is 0.355 e. The highest BCUT2D eigenvalue weighted by Gasteiger charge is 2.41. The van der Waals surface area contributed by atoms with Crippen molar-refractivity contribution >= 4 is 5.91 Å². The van der Waals surface area contributed by atoms with E-state index in [4.69, 9.17) is 0 Å². The molecule has 2 N–H and O–H groups in total. The van der Waals surface area contributed by atoms with Crippen molar-refractivity contribution < 1.29 is 9.18 Å². The minimum atomic E-state index is -0.184. The molecular formula is C23H28FN3O. The van der Waals surface area contributed by atoms with Gasteiger partial charge >= 0.3 is 0 Å². The summed E-state index contributed by atoms with van der Waals surface area (Å²) in [6.45, 7) is 3.89. The van der Waals surface area contributed by atoms with Gasteiger partial charge in [0.25, 0.3) is 0 Å².